The van der Waals surface area contributed by atoms with Gasteiger partial charge in [-0.3, -0.25) is 0 Å². The summed E-state index contributed by atoms with van der Waals surface area (Å²) in [4.78, 5) is 9.47. The van der Waals surface area contributed by atoms with Gasteiger partial charge in [0.25, 0.3) is 0 Å². The number of allylic oxidation sites excluding steroid dienone is 2. The summed E-state index contributed by atoms with van der Waals surface area (Å²) in [5.41, 5.74) is 1.61. The molecule has 2 aliphatic rings. The maximum absolute atomic E-state index is 6.40. The summed E-state index contributed by atoms with van der Waals surface area (Å²) >= 11 is 12.4. The number of benzene rings is 2. The summed E-state index contributed by atoms with van der Waals surface area (Å²) in [7, 11) is 0. The Kier molecular flexibility index (Phi) is 5.53. The Labute approximate surface area is 190 Å². The average Bonchev–Trinajstić information content (AvgIpc) is 3.19. The fourth-order valence-electron chi connectivity index (χ4n) is 3.84. The number of hydrogen-bond acceptors (Lipinski definition) is 5. The first-order valence-electron chi connectivity index (χ1n) is 10.2. The van der Waals surface area contributed by atoms with E-state index in [1.807, 2.05) is 30.3 Å². The number of anilines is 1. The van der Waals surface area contributed by atoms with E-state index in [9.17, 15) is 0 Å². The van der Waals surface area contributed by atoms with Gasteiger partial charge < -0.3 is 16.0 Å². The highest BCUT2D eigenvalue weighted by Gasteiger charge is 2.23. The summed E-state index contributed by atoms with van der Waals surface area (Å²) < 4.78 is 0. The molecule has 2 aromatic carbocycles. The third-order valence-electron chi connectivity index (χ3n) is 5.37. The van der Waals surface area contributed by atoms with Crippen molar-refractivity contribution < 1.29 is 0 Å². The second-order valence-corrected chi connectivity index (χ2v) is 8.33. The maximum atomic E-state index is 6.40. The summed E-state index contributed by atoms with van der Waals surface area (Å²) in [6.07, 6.45) is 10.8. The lowest BCUT2D eigenvalue weighted by Crippen LogP contribution is -2.33. The van der Waals surface area contributed by atoms with E-state index in [0.29, 0.717) is 34.4 Å². The summed E-state index contributed by atoms with van der Waals surface area (Å²) in [6, 6.07) is 13.6. The van der Waals surface area contributed by atoms with Crippen LogP contribution in [0.3, 0.4) is 0 Å². The fraction of sp³-hybridized carbons (Fsp3) is 0.167. The van der Waals surface area contributed by atoms with Crippen molar-refractivity contribution >= 4 is 39.9 Å². The molecule has 1 aromatic heterocycles. The highest BCUT2D eigenvalue weighted by molar-refractivity contribution is 6.36. The predicted molar refractivity (Wildman–Crippen MR) is 128 cm³/mol. The van der Waals surface area contributed by atoms with E-state index in [4.69, 9.17) is 33.2 Å². The molecule has 0 fully saturated rings. The Balaban J connectivity index is 1.32. The maximum Gasteiger partial charge on any atom is 0.163 e. The van der Waals surface area contributed by atoms with Crippen molar-refractivity contribution in [2.24, 2.45) is 5.92 Å². The molecule has 1 aliphatic heterocycles. The zero-order valence-electron chi connectivity index (χ0n) is 16.6. The third kappa shape index (κ3) is 4.24. The standard InChI is InChI=1S/C24H21Cl2N5/c25-16-9-10-17(19(26)14-16)24-30-21-8-4-2-6-18(21)23(31-24)28-12-11-27-22-13-15-5-1-3-7-20(15)29-22/h1-10,13-15,20,27,29H,11-12H2,(H,28,30,31). The van der Waals surface area contributed by atoms with Crippen LogP contribution >= 0.6 is 23.2 Å². The van der Waals surface area contributed by atoms with Gasteiger partial charge in [0.15, 0.2) is 5.82 Å². The van der Waals surface area contributed by atoms with Crippen molar-refractivity contribution in [2.45, 2.75) is 6.04 Å². The molecule has 3 aromatic rings. The molecule has 0 saturated heterocycles. The van der Waals surface area contributed by atoms with Crippen molar-refractivity contribution in [3.8, 4) is 11.4 Å². The van der Waals surface area contributed by atoms with E-state index in [0.717, 1.165) is 34.6 Å². The van der Waals surface area contributed by atoms with Gasteiger partial charge in [-0.2, -0.15) is 0 Å². The van der Waals surface area contributed by atoms with Crippen LogP contribution in [0.15, 0.2) is 78.7 Å². The fourth-order valence-corrected chi connectivity index (χ4v) is 4.33. The van der Waals surface area contributed by atoms with Gasteiger partial charge >= 0.3 is 0 Å². The average molecular weight is 450 g/mol. The molecule has 2 unspecified atom stereocenters. The first-order chi connectivity index (χ1) is 15.2. The van der Waals surface area contributed by atoms with Crippen LogP contribution in [0.4, 0.5) is 5.82 Å². The van der Waals surface area contributed by atoms with Crippen LogP contribution in [0.2, 0.25) is 10.0 Å². The molecule has 1 aliphatic carbocycles. The number of rotatable bonds is 6. The number of para-hydroxylation sites is 1. The highest BCUT2D eigenvalue weighted by Crippen LogP contribution is 2.31. The Morgan fingerprint density at radius 2 is 1.77 bits per heavy atom. The van der Waals surface area contributed by atoms with E-state index >= 15 is 0 Å². The molecule has 2 heterocycles. The van der Waals surface area contributed by atoms with Gasteiger partial charge in [0.2, 0.25) is 0 Å². The van der Waals surface area contributed by atoms with Crippen molar-refractivity contribution in [1.29, 1.82) is 0 Å². The van der Waals surface area contributed by atoms with Gasteiger partial charge in [-0.15, -0.1) is 0 Å². The normalized spacial score (nSPS) is 19.1. The molecular weight excluding hydrogens is 429 g/mol. The van der Waals surface area contributed by atoms with Crippen LogP contribution in [0.5, 0.6) is 0 Å². The quantitative estimate of drug-likeness (QED) is 0.453. The van der Waals surface area contributed by atoms with E-state index in [2.05, 4.69) is 46.3 Å². The minimum atomic E-state index is 0.345. The molecule has 5 rings (SSSR count). The SMILES string of the molecule is Clc1ccc(-c2nc(NCCNC3=CC4C=CC=CC4N3)c3ccccc3n2)c(Cl)c1. The smallest absolute Gasteiger partial charge is 0.163 e. The Morgan fingerprint density at radius 3 is 2.65 bits per heavy atom. The highest BCUT2D eigenvalue weighted by atomic mass is 35.5. The van der Waals surface area contributed by atoms with Crippen LogP contribution in [0.25, 0.3) is 22.3 Å². The van der Waals surface area contributed by atoms with E-state index in [1.54, 1.807) is 12.1 Å². The van der Waals surface area contributed by atoms with Gasteiger partial charge in [-0.05, 0) is 36.4 Å². The van der Waals surface area contributed by atoms with Crippen LogP contribution in [0.1, 0.15) is 0 Å². The second kappa shape index (κ2) is 8.61. The topological polar surface area (TPSA) is 61.9 Å². The van der Waals surface area contributed by atoms with E-state index < -0.39 is 0 Å². The lowest BCUT2D eigenvalue weighted by molar-refractivity contribution is 0.613. The van der Waals surface area contributed by atoms with Crippen LogP contribution in [0, 0.1) is 5.92 Å². The molecule has 0 spiro atoms. The lowest BCUT2D eigenvalue weighted by atomic mass is 9.98. The van der Waals surface area contributed by atoms with Crippen molar-refractivity contribution in [3.05, 3.63) is 88.7 Å². The zero-order chi connectivity index (χ0) is 21.2. The Bertz CT molecular complexity index is 1220. The van der Waals surface area contributed by atoms with Crippen molar-refractivity contribution in [1.82, 2.24) is 20.6 Å². The van der Waals surface area contributed by atoms with Gasteiger partial charge in [0, 0.05) is 35.0 Å². The largest absolute Gasteiger partial charge is 0.370 e. The first-order valence-corrected chi connectivity index (χ1v) is 11.0. The molecule has 3 N–H and O–H groups in total. The molecule has 0 bridgehead atoms. The molecule has 156 valence electrons. The number of nitrogens with one attached hydrogen (secondary N) is 3. The number of hydrogen-bond donors (Lipinski definition) is 3. The molecule has 0 radical (unpaired) electrons. The molecule has 5 nitrogen and oxygen atoms in total. The summed E-state index contributed by atoms with van der Waals surface area (Å²) in [6.45, 7) is 1.45. The third-order valence-corrected chi connectivity index (χ3v) is 5.91. The zero-order valence-corrected chi connectivity index (χ0v) is 18.2. The lowest BCUT2D eigenvalue weighted by Gasteiger charge is -2.16. The molecule has 0 saturated carbocycles. The number of fused-ring (bicyclic) bond motifs is 2. The molecular formula is C24H21Cl2N5. The number of nitrogens with zero attached hydrogens (tertiary/aromatic N) is 2. The van der Waals surface area contributed by atoms with Gasteiger partial charge in [0.1, 0.15) is 5.82 Å². The van der Waals surface area contributed by atoms with Gasteiger partial charge in [-0.25, -0.2) is 9.97 Å². The van der Waals surface area contributed by atoms with Crippen LogP contribution < -0.4 is 16.0 Å². The van der Waals surface area contributed by atoms with E-state index in [1.165, 1.54) is 0 Å². The van der Waals surface area contributed by atoms with Crippen molar-refractivity contribution in [2.75, 3.05) is 18.4 Å². The summed E-state index contributed by atoms with van der Waals surface area (Å²) in [5, 5.41) is 12.5. The second-order valence-electron chi connectivity index (χ2n) is 7.49. The Morgan fingerprint density at radius 1 is 0.935 bits per heavy atom. The molecule has 0 amide bonds. The predicted octanol–water partition coefficient (Wildman–Crippen LogP) is 5.16. The Hall–Kier alpha value is -3.02. The minimum absolute atomic E-state index is 0.345. The van der Waals surface area contributed by atoms with Crippen LogP contribution in [-0.2, 0) is 0 Å². The number of halogens is 2. The first kappa shape index (κ1) is 19.9. The van der Waals surface area contributed by atoms with Crippen molar-refractivity contribution in [3.63, 3.8) is 0 Å². The number of aromatic nitrogens is 2. The van der Waals surface area contributed by atoms with Crippen LogP contribution in [-0.4, -0.2) is 29.1 Å². The minimum Gasteiger partial charge on any atom is -0.370 e. The van der Waals surface area contributed by atoms with E-state index in [-0.39, 0.29) is 0 Å². The molecule has 2 atom stereocenters. The van der Waals surface area contributed by atoms with Gasteiger partial charge in [0.05, 0.1) is 22.4 Å². The molecule has 7 heteroatoms. The molecule has 31 heavy (non-hydrogen) atoms. The van der Waals surface area contributed by atoms with Gasteiger partial charge in [-0.1, -0.05) is 59.6 Å². The monoisotopic (exact) mass is 449 g/mol. The summed E-state index contributed by atoms with van der Waals surface area (Å²) in [5.74, 6) is 2.83.